The Hall–Kier alpha value is -3.72. The third kappa shape index (κ3) is 6.25. The molecule has 0 radical (unpaired) electrons. The molecule has 3 aromatic carbocycles. The summed E-state index contributed by atoms with van der Waals surface area (Å²) in [5, 5.41) is 8.71. The van der Waals surface area contributed by atoms with Crippen LogP contribution in [0.3, 0.4) is 0 Å². The molecule has 0 saturated carbocycles. The maximum Gasteiger partial charge on any atom is 0.416 e. The Labute approximate surface area is 256 Å². The second-order valence-corrected chi connectivity index (χ2v) is 13.2. The molecular weight excluding hydrogens is 615 g/mol. The van der Waals surface area contributed by atoms with Crippen molar-refractivity contribution in [3.8, 4) is 17.1 Å². The van der Waals surface area contributed by atoms with E-state index < -0.39 is 21.8 Å². The van der Waals surface area contributed by atoms with Gasteiger partial charge in [0.1, 0.15) is 0 Å². The molecule has 3 heterocycles. The highest BCUT2D eigenvalue weighted by Crippen LogP contribution is 2.34. The molecule has 14 heteroatoms. The van der Waals surface area contributed by atoms with Gasteiger partial charge in [0.25, 0.3) is 0 Å². The van der Waals surface area contributed by atoms with Gasteiger partial charge in [0.2, 0.25) is 15.9 Å². The van der Waals surface area contributed by atoms with Crippen molar-refractivity contribution in [2.75, 3.05) is 38.6 Å². The van der Waals surface area contributed by atoms with Gasteiger partial charge in [-0.1, -0.05) is 54.2 Å². The predicted molar refractivity (Wildman–Crippen MR) is 158 cm³/mol. The molecule has 230 valence electrons. The number of rotatable bonds is 7. The highest BCUT2D eigenvalue weighted by molar-refractivity contribution is 7.99. The van der Waals surface area contributed by atoms with Crippen molar-refractivity contribution in [2.45, 2.75) is 29.2 Å². The first-order valence-electron chi connectivity index (χ1n) is 13.9. The van der Waals surface area contributed by atoms with Crippen LogP contribution >= 0.6 is 11.8 Å². The Morgan fingerprint density at radius 1 is 0.909 bits per heavy atom. The number of ether oxygens (including phenoxy) is 1. The van der Waals surface area contributed by atoms with Crippen LogP contribution in [0.15, 0.2) is 82.8 Å². The van der Waals surface area contributed by atoms with Gasteiger partial charge in [0.15, 0.2) is 11.0 Å². The number of alkyl halides is 3. The number of carbonyl (C=O) groups excluding carboxylic acids is 1. The summed E-state index contributed by atoms with van der Waals surface area (Å²) in [6.07, 6.45) is -3.86. The maximum atomic E-state index is 13.7. The van der Waals surface area contributed by atoms with E-state index >= 15 is 0 Å². The summed E-state index contributed by atoms with van der Waals surface area (Å²) < 4.78 is 75.8. The molecule has 9 nitrogen and oxygen atoms in total. The molecule has 0 aliphatic carbocycles. The molecule has 4 aromatic rings. The standard InChI is InChI=1S/C30H28F3N5O4S2/c31-30(32,33)24-8-4-9-25(18-24)38-28(22-7-3-10-26(17-22)44(40,41)37-13-15-42-16-14-37)34-35-29(38)43-20-27(39)36-12-11-21-5-1-2-6-23(21)19-36/h1-10,17-18H,11-16,19-20H2. The van der Waals surface area contributed by atoms with Crippen LogP contribution in [0.1, 0.15) is 16.7 Å². The Balaban J connectivity index is 1.33. The lowest BCUT2D eigenvalue weighted by Gasteiger charge is -2.28. The van der Waals surface area contributed by atoms with Crippen LogP contribution in [0.4, 0.5) is 13.2 Å². The molecule has 1 aromatic heterocycles. The lowest BCUT2D eigenvalue weighted by Crippen LogP contribution is -2.40. The number of amides is 1. The number of nitrogens with zero attached hydrogens (tertiary/aromatic N) is 5. The summed E-state index contributed by atoms with van der Waals surface area (Å²) in [4.78, 5) is 15.0. The Morgan fingerprint density at radius 2 is 1.66 bits per heavy atom. The summed E-state index contributed by atoms with van der Waals surface area (Å²) in [6.45, 7) is 2.03. The van der Waals surface area contributed by atoms with Crippen LogP contribution < -0.4 is 0 Å². The van der Waals surface area contributed by atoms with Gasteiger partial charge in [-0.15, -0.1) is 10.2 Å². The third-order valence-corrected chi connectivity index (χ3v) is 10.4. The molecule has 1 fully saturated rings. The smallest absolute Gasteiger partial charge is 0.379 e. The van der Waals surface area contributed by atoms with Crippen molar-refractivity contribution < 1.29 is 31.1 Å². The molecular formula is C30H28F3N5O4S2. The van der Waals surface area contributed by atoms with Crippen molar-refractivity contribution >= 4 is 27.7 Å². The van der Waals surface area contributed by atoms with E-state index in [2.05, 4.69) is 10.2 Å². The molecule has 2 aliphatic rings. The zero-order chi connectivity index (χ0) is 30.9. The number of thioether (sulfide) groups is 1. The van der Waals surface area contributed by atoms with Gasteiger partial charge in [-0.25, -0.2) is 8.42 Å². The highest BCUT2D eigenvalue weighted by Gasteiger charge is 2.32. The van der Waals surface area contributed by atoms with Gasteiger partial charge in [-0.05, 0) is 47.9 Å². The van der Waals surface area contributed by atoms with Crippen molar-refractivity contribution in [1.29, 1.82) is 0 Å². The average molecular weight is 644 g/mol. The molecule has 6 rings (SSSR count). The van der Waals surface area contributed by atoms with Crippen LogP contribution in [0.25, 0.3) is 17.1 Å². The first kappa shape index (κ1) is 30.3. The minimum absolute atomic E-state index is 0.00921. The fraction of sp³-hybridized carbons (Fsp3) is 0.300. The Bertz CT molecular complexity index is 1790. The van der Waals surface area contributed by atoms with E-state index in [1.54, 1.807) is 17.0 Å². The van der Waals surface area contributed by atoms with Crippen molar-refractivity contribution in [1.82, 2.24) is 24.0 Å². The van der Waals surface area contributed by atoms with E-state index in [1.807, 2.05) is 24.3 Å². The number of morpholine rings is 1. The largest absolute Gasteiger partial charge is 0.416 e. The van der Waals surface area contributed by atoms with E-state index in [9.17, 15) is 26.4 Å². The minimum atomic E-state index is -4.59. The first-order valence-corrected chi connectivity index (χ1v) is 16.3. The first-order chi connectivity index (χ1) is 21.1. The minimum Gasteiger partial charge on any atom is -0.379 e. The predicted octanol–water partition coefficient (Wildman–Crippen LogP) is 4.65. The van der Waals surface area contributed by atoms with Gasteiger partial charge < -0.3 is 9.64 Å². The number of carbonyl (C=O) groups is 1. The molecule has 44 heavy (non-hydrogen) atoms. The highest BCUT2D eigenvalue weighted by atomic mass is 32.2. The number of aromatic nitrogens is 3. The van der Waals surface area contributed by atoms with Crippen LogP contribution in [0.2, 0.25) is 0 Å². The normalized spacial score (nSPS) is 16.1. The van der Waals surface area contributed by atoms with Gasteiger partial charge in [0.05, 0.1) is 35.1 Å². The van der Waals surface area contributed by atoms with Gasteiger partial charge in [-0.2, -0.15) is 17.5 Å². The number of hydrogen-bond donors (Lipinski definition) is 0. The van der Waals surface area contributed by atoms with Crippen LogP contribution in [-0.2, 0) is 38.7 Å². The molecule has 1 amide bonds. The molecule has 0 N–H and O–H groups in total. The van der Waals surface area contributed by atoms with E-state index in [1.165, 1.54) is 38.7 Å². The summed E-state index contributed by atoms with van der Waals surface area (Å²) >= 11 is 1.06. The average Bonchev–Trinajstić information content (AvgIpc) is 3.47. The summed E-state index contributed by atoms with van der Waals surface area (Å²) in [5.41, 5.74) is 1.89. The van der Waals surface area contributed by atoms with E-state index in [4.69, 9.17) is 4.74 Å². The fourth-order valence-electron chi connectivity index (χ4n) is 5.26. The number of fused-ring (bicyclic) bond motifs is 1. The molecule has 0 spiro atoms. The molecule has 2 aliphatic heterocycles. The number of sulfonamides is 1. The summed E-state index contributed by atoms with van der Waals surface area (Å²) in [6, 6.07) is 18.7. The zero-order valence-electron chi connectivity index (χ0n) is 23.4. The monoisotopic (exact) mass is 643 g/mol. The quantitative estimate of drug-likeness (QED) is 0.271. The second-order valence-electron chi connectivity index (χ2n) is 10.4. The van der Waals surface area contributed by atoms with Crippen LogP contribution in [0.5, 0.6) is 0 Å². The van der Waals surface area contributed by atoms with Gasteiger partial charge in [-0.3, -0.25) is 9.36 Å². The molecule has 0 atom stereocenters. The molecule has 0 bridgehead atoms. The van der Waals surface area contributed by atoms with Crippen molar-refractivity contribution in [2.24, 2.45) is 0 Å². The van der Waals surface area contributed by atoms with E-state index in [0.717, 1.165) is 35.9 Å². The van der Waals surface area contributed by atoms with Crippen LogP contribution in [0, 0.1) is 0 Å². The number of halogens is 3. The van der Waals surface area contributed by atoms with Crippen molar-refractivity contribution in [3.63, 3.8) is 0 Å². The van der Waals surface area contributed by atoms with Gasteiger partial charge in [0, 0.05) is 31.7 Å². The molecule has 1 saturated heterocycles. The molecule has 0 unspecified atom stereocenters. The van der Waals surface area contributed by atoms with E-state index in [-0.39, 0.29) is 59.5 Å². The van der Waals surface area contributed by atoms with Gasteiger partial charge >= 0.3 is 6.18 Å². The fourth-order valence-corrected chi connectivity index (χ4v) is 7.57. The maximum absolute atomic E-state index is 13.7. The Morgan fingerprint density at radius 3 is 2.43 bits per heavy atom. The second kappa shape index (κ2) is 12.3. The Kier molecular flexibility index (Phi) is 8.51. The zero-order valence-corrected chi connectivity index (χ0v) is 25.0. The number of benzene rings is 3. The lowest BCUT2D eigenvalue weighted by molar-refractivity contribution is -0.137. The van der Waals surface area contributed by atoms with Crippen molar-refractivity contribution in [3.05, 3.63) is 89.5 Å². The number of hydrogen-bond acceptors (Lipinski definition) is 7. The summed E-state index contributed by atoms with van der Waals surface area (Å²) in [7, 11) is -3.85. The lowest BCUT2D eigenvalue weighted by atomic mass is 10.00. The SMILES string of the molecule is O=C(CSc1nnc(-c2cccc(S(=O)(=O)N3CCOCC3)c2)n1-c1cccc(C(F)(F)F)c1)N1CCc2ccccc2C1. The van der Waals surface area contributed by atoms with E-state index in [0.29, 0.717) is 18.7 Å². The summed E-state index contributed by atoms with van der Waals surface area (Å²) in [5.74, 6) is -0.00139. The van der Waals surface area contributed by atoms with Crippen LogP contribution in [-0.4, -0.2) is 76.9 Å². The third-order valence-electron chi connectivity index (χ3n) is 7.57. The topological polar surface area (TPSA) is 97.6 Å².